The Kier molecular flexibility index (Phi) is 4.24. The van der Waals surface area contributed by atoms with Crippen LogP contribution in [-0.2, 0) is 4.74 Å². The number of rotatable bonds is 2. The van der Waals surface area contributed by atoms with Crippen molar-refractivity contribution >= 4 is 40.8 Å². The van der Waals surface area contributed by atoms with Crippen LogP contribution in [0.5, 0.6) is 0 Å². The minimum Gasteiger partial charge on any atom is -0.378 e. The normalized spacial score (nSPS) is 14.8. The maximum absolute atomic E-state index is 12.6. The Morgan fingerprint density at radius 1 is 1.24 bits per heavy atom. The zero-order valence-corrected chi connectivity index (χ0v) is 14.7. The van der Waals surface area contributed by atoms with Crippen molar-refractivity contribution in [1.82, 2.24) is 19.5 Å². The van der Waals surface area contributed by atoms with Gasteiger partial charge in [0.1, 0.15) is 16.4 Å². The number of benzene rings is 1. The first-order valence-electron chi connectivity index (χ1n) is 7.74. The summed E-state index contributed by atoms with van der Waals surface area (Å²) in [5.74, 6) is 0.484. The van der Waals surface area contributed by atoms with Gasteiger partial charge in [-0.1, -0.05) is 36.0 Å². The summed E-state index contributed by atoms with van der Waals surface area (Å²) in [5.41, 5.74) is 0.671. The number of nitrogens with one attached hydrogen (secondary N) is 1. The van der Waals surface area contributed by atoms with Crippen molar-refractivity contribution in [3.8, 4) is 5.69 Å². The van der Waals surface area contributed by atoms with Crippen molar-refractivity contribution < 1.29 is 4.74 Å². The van der Waals surface area contributed by atoms with E-state index in [0.29, 0.717) is 53.2 Å². The Morgan fingerprint density at radius 3 is 2.76 bits per heavy atom. The number of morpholine rings is 1. The Morgan fingerprint density at radius 2 is 2.00 bits per heavy atom. The van der Waals surface area contributed by atoms with Gasteiger partial charge in [0.15, 0.2) is 5.65 Å². The van der Waals surface area contributed by atoms with Crippen LogP contribution in [0.4, 0.5) is 5.95 Å². The molecule has 1 N–H and O–H groups in total. The highest BCUT2D eigenvalue weighted by molar-refractivity contribution is 7.71. The van der Waals surface area contributed by atoms with Crippen molar-refractivity contribution in [3.05, 3.63) is 50.6 Å². The van der Waals surface area contributed by atoms with Gasteiger partial charge >= 0.3 is 0 Å². The zero-order valence-electron chi connectivity index (χ0n) is 13.1. The highest BCUT2D eigenvalue weighted by atomic mass is 35.5. The highest BCUT2D eigenvalue weighted by Crippen LogP contribution is 2.21. The summed E-state index contributed by atoms with van der Waals surface area (Å²) in [6.45, 7) is 2.54. The Bertz CT molecular complexity index is 1060. The van der Waals surface area contributed by atoms with Gasteiger partial charge in [0, 0.05) is 13.1 Å². The lowest BCUT2D eigenvalue weighted by atomic mass is 10.3. The number of hydrogen-bond acceptors (Lipinski definition) is 6. The van der Waals surface area contributed by atoms with E-state index in [-0.39, 0.29) is 10.9 Å². The van der Waals surface area contributed by atoms with Crippen LogP contribution in [0.25, 0.3) is 16.7 Å². The van der Waals surface area contributed by atoms with Crippen LogP contribution >= 0.6 is 23.8 Å². The fourth-order valence-corrected chi connectivity index (χ4v) is 3.32. The molecule has 0 spiro atoms. The number of hydrogen-bond donors (Lipinski definition) is 1. The fourth-order valence-electron chi connectivity index (χ4n) is 2.76. The largest absolute Gasteiger partial charge is 0.378 e. The second-order valence-corrected chi connectivity index (χ2v) is 6.35. The maximum atomic E-state index is 12.6. The molecule has 1 fully saturated rings. The molecule has 1 saturated heterocycles. The van der Waals surface area contributed by atoms with E-state index in [9.17, 15) is 4.79 Å². The van der Waals surface area contributed by atoms with E-state index < -0.39 is 0 Å². The summed E-state index contributed by atoms with van der Waals surface area (Å²) in [7, 11) is 0. The lowest BCUT2D eigenvalue weighted by Crippen LogP contribution is -2.38. The Balaban J connectivity index is 1.88. The molecule has 7 nitrogen and oxygen atoms in total. The number of halogens is 1. The molecule has 2 aromatic heterocycles. The number of fused-ring (bicyclic) bond motifs is 1. The van der Waals surface area contributed by atoms with Gasteiger partial charge in [-0.2, -0.15) is 4.98 Å². The second kappa shape index (κ2) is 6.55. The molecule has 0 bridgehead atoms. The van der Waals surface area contributed by atoms with Gasteiger partial charge in [0.05, 0.1) is 23.9 Å². The SMILES string of the molecule is O=c1[nH]c(N2CCOCC2)nc2ncn(-c3ccccc3Cl)c(=S)c12. The lowest BCUT2D eigenvalue weighted by molar-refractivity contribution is 0.122. The molecular weight excluding hydrogens is 362 g/mol. The minimum absolute atomic E-state index is 0.273. The van der Waals surface area contributed by atoms with Crippen LogP contribution in [0.2, 0.25) is 5.02 Å². The molecule has 9 heteroatoms. The highest BCUT2D eigenvalue weighted by Gasteiger charge is 2.17. The van der Waals surface area contributed by atoms with Crippen LogP contribution < -0.4 is 10.5 Å². The molecule has 1 aromatic carbocycles. The van der Waals surface area contributed by atoms with Gasteiger partial charge in [0.2, 0.25) is 5.95 Å². The first kappa shape index (κ1) is 16.2. The number of ether oxygens (including phenoxy) is 1. The molecule has 0 unspecified atom stereocenters. The van der Waals surface area contributed by atoms with E-state index >= 15 is 0 Å². The number of nitrogens with zero attached hydrogens (tertiary/aromatic N) is 4. The standard InChI is InChI=1S/C16H14ClN5O2S/c17-10-3-1-2-4-11(10)22-9-18-13-12(15(22)25)14(23)20-16(19-13)21-5-7-24-8-6-21/h1-4,9H,5-8H2,(H,19,20,23). The summed E-state index contributed by atoms with van der Waals surface area (Å²) in [5, 5.41) is 0.795. The predicted molar refractivity (Wildman–Crippen MR) is 98.4 cm³/mol. The average molecular weight is 376 g/mol. The lowest BCUT2D eigenvalue weighted by Gasteiger charge is -2.27. The minimum atomic E-state index is -0.314. The topological polar surface area (TPSA) is 76.0 Å². The number of aromatic nitrogens is 4. The quantitative estimate of drug-likeness (QED) is 0.693. The van der Waals surface area contributed by atoms with Gasteiger partial charge in [-0.05, 0) is 12.1 Å². The third kappa shape index (κ3) is 2.92. The van der Waals surface area contributed by atoms with Crippen molar-refractivity contribution in [2.45, 2.75) is 0 Å². The first-order chi connectivity index (χ1) is 12.1. The number of H-pyrrole nitrogens is 1. The molecular formula is C16H14ClN5O2S. The summed E-state index contributed by atoms with van der Waals surface area (Å²) in [4.78, 5) is 26.2. The molecule has 0 atom stereocenters. The monoisotopic (exact) mass is 375 g/mol. The van der Waals surface area contributed by atoms with Crippen molar-refractivity contribution in [2.75, 3.05) is 31.2 Å². The molecule has 128 valence electrons. The third-order valence-corrected chi connectivity index (χ3v) is 4.76. The van der Waals surface area contributed by atoms with Crippen LogP contribution in [0, 0.1) is 4.64 Å². The van der Waals surface area contributed by atoms with Gasteiger partial charge in [0.25, 0.3) is 5.56 Å². The smallest absolute Gasteiger partial charge is 0.264 e. The van der Waals surface area contributed by atoms with E-state index in [2.05, 4.69) is 15.0 Å². The zero-order chi connectivity index (χ0) is 17.4. The van der Waals surface area contributed by atoms with E-state index in [1.807, 2.05) is 23.1 Å². The van der Waals surface area contributed by atoms with Gasteiger partial charge in [-0.3, -0.25) is 14.3 Å². The molecule has 3 aromatic rings. The summed E-state index contributed by atoms with van der Waals surface area (Å²) < 4.78 is 7.26. The molecule has 4 rings (SSSR count). The Hall–Kier alpha value is -2.29. The van der Waals surface area contributed by atoms with Gasteiger partial charge in [-0.25, -0.2) is 4.98 Å². The van der Waals surface area contributed by atoms with Crippen molar-refractivity contribution in [1.29, 1.82) is 0 Å². The summed E-state index contributed by atoms with van der Waals surface area (Å²) in [6.07, 6.45) is 1.54. The molecule has 1 aliphatic rings. The second-order valence-electron chi connectivity index (χ2n) is 5.56. The maximum Gasteiger partial charge on any atom is 0.264 e. The van der Waals surface area contributed by atoms with Crippen LogP contribution in [0.15, 0.2) is 35.4 Å². The van der Waals surface area contributed by atoms with Gasteiger partial charge in [-0.15, -0.1) is 0 Å². The molecule has 0 amide bonds. The molecule has 0 saturated carbocycles. The van der Waals surface area contributed by atoms with Crippen LogP contribution in [-0.4, -0.2) is 45.8 Å². The third-order valence-electron chi connectivity index (χ3n) is 4.04. The van der Waals surface area contributed by atoms with Crippen LogP contribution in [0.3, 0.4) is 0 Å². The van der Waals surface area contributed by atoms with Crippen molar-refractivity contribution in [3.63, 3.8) is 0 Å². The van der Waals surface area contributed by atoms with Crippen molar-refractivity contribution in [2.24, 2.45) is 0 Å². The number of anilines is 1. The van der Waals surface area contributed by atoms with Crippen LogP contribution in [0.1, 0.15) is 0 Å². The van der Waals surface area contributed by atoms with E-state index in [1.165, 1.54) is 0 Å². The number of aromatic amines is 1. The van der Waals surface area contributed by atoms with Gasteiger partial charge < -0.3 is 9.64 Å². The molecule has 1 aliphatic heterocycles. The Labute approximate surface area is 152 Å². The molecule has 3 heterocycles. The molecule has 0 aliphatic carbocycles. The fraction of sp³-hybridized carbons (Fsp3) is 0.250. The van der Waals surface area contributed by atoms with E-state index in [4.69, 9.17) is 28.6 Å². The first-order valence-corrected chi connectivity index (χ1v) is 8.53. The summed E-state index contributed by atoms with van der Waals surface area (Å²) in [6, 6.07) is 7.24. The van der Waals surface area contributed by atoms with E-state index in [0.717, 1.165) is 0 Å². The van der Waals surface area contributed by atoms with E-state index in [1.54, 1.807) is 17.0 Å². The molecule has 0 radical (unpaired) electrons. The molecule has 25 heavy (non-hydrogen) atoms. The average Bonchev–Trinajstić information content (AvgIpc) is 2.63. The summed E-state index contributed by atoms with van der Waals surface area (Å²) >= 11 is 11.7. The number of para-hydroxylation sites is 1. The predicted octanol–water partition coefficient (Wildman–Crippen LogP) is 2.33.